The third-order valence-electron chi connectivity index (χ3n) is 6.38. The van der Waals surface area contributed by atoms with Crippen LogP contribution in [0.15, 0.2) is 65.8 Å². The molecule has 0 saturated carbocycles. The molecule has 12 nitrogen and oxygen atoms in total. The molecule has 0 bridgehead atoms. The largest absolute Gasteiger partial charge is 0.457 e. The van der Waals surface area contributed by atoms with Crippen LogP contribution in [0.3, 0.4) is 0 Å². The number of halogens is 1. The minimum Gasteiger partial charge on any atom is -0.457 e. The summed E-state index contributed by atoms with van der Waals surface area (Å²) in [5, 5.41) is 7.46. The number of fused-ring (bicyclic) bond motifs is 2. The Balaban J connectivity index is 1.17. The number of carbonyl (C=O) groups excluding carboxylic acids is 1. The molecule has 4 aromatic heterocycles. The molecule has 0 atom stereocenters. The second-order valence-corrected chi connectivity index (χ2v) is 11.4. The Bertz CT molecular complexity index is 1710. The molecule has 6 rings (SSSR count). The highest BCUT2D eigenvalue weighted by molar-refractivity contribution is 9.10. The number of rotatable bonds is 5. The SMILES string of the molecule is CC(C)(C)OC(=O)N1CCN(c2nc3c(Nc4ccc(Oc5ccn6ncnc6c5)cc4)ncnc3cc2Br)CC1. The molecule has 0 radical (unpaired) electrons. The second kappa shape index (κ2) is 10.8. The van der Waals surface area contributed by atoms with E-state index in [1.54, 1.807) is 15.6 Å². The van der Waals surface area contributed by atoms with Crippen LogP contribution in [0.25, 0.3) is 16.7 Å². The predicted molar refractivity (Wildman–Crippen MR) is 158 cm³/mol. The summed E-state index contributed by atoms with van der Waals surface area (Å²) in [6.45, 7) is 7.94. The van der Waals surface area contributed by atoms with Crippen LogP contribution < -0.4 is 15.0 Å². The fourth-order valence-corrected chi connectivity index (χ4v) is 4.99. The highest BCUT2D eigenvalue weighted by Gasteiger charge is 2.27. The van der Waals surface area contributed by atoms with E-state index >= 15 is 0 Å². The molecule has 5 heterocycles. The zero-order valence-electron chi connectivity index (χ0n) is 22.8. The highest BCUT2D eigenvalue weighted by atomic mass is 79.9. The number of nitrogens with zero attached hydrogens (tertiary/aromatic N) is 8. The molecule has 1 aromatic carbocycles. The number of aromatic nitrogens is 6. The molecule has 5 aromatic rings. The summed E-state index contributed by atoms with van der Waals surface area (Å²) < 4.78 is 14.0. The Morgan fingerprint density at radius 1 is 0.951 bits per heavy atom. The Morgan fingerprint density at radius 3 is 2.49 bits per heavy atom. The predicted octanol–water partition coefficient (Wildman–Crippen LogP) is 5.42. The van der Waals surface area contributed by atoms with Gasteiger partial charge in [-0.05, 0) is 73.1 Å². The molecule has 13 heteroatoms. The molecule has 0 aliphatic carbocycles. The van der Waals surface area contributed by atoms with Crippen LogP contribution >= 0.6 is 15.9 Å². The van der Waals surface area contributed by atoms with Crippen molar-refractivity contribution < 1.29 is 14.3 Å². The van der Waals surface area contributed by atoms with Crippen LogP contribution in [0.2, 0.25) is 0 Å². The quantitative estimate of drug-likeness (QED) is 0.273. The van der Waals surface area contributed by atoms with Crippen molar-refractivity contribution in [3.63, 3.8) is 0 Å². The number of benzene rings is 1. The van der Waals surface area contributed by atoms with Crippen LogP contribution in [0.1, 0.15) is 20.8 Å². The monoisotopic (exact) mass is 617 g/mol. The lowest BCUT2D eigenvalue weighted by atomic mass is 10.2. The van der Waals surface area contributed by atoms with E-state index in [-0.39, 0.29) is 6.09 Å². The summed E-state index contributed by atoms with van der Waals surface area (Å²) in [6.07, 6.45) is 4.51. The number of nitrogens with one attached hydrogen (secondary N) is 1. The van der Waals surface area contributed by atoms with Crippen LogP contribution in [0.5, 0.6) is 11.5 Å². The molecular weight excluding hydrogens is 590 g/mol. The number of hydrogen-bond acceptors (Lipinski definition) is 10. The van der Waals surface area contributed by atoms with Gasteiger partial charge in [0.1, 0.15) is 41.1 Å². The van der Waals surface area contributed by atoms with E-state index in [9.17, 15) is 4.79 Å². The van der Waals surface area contributed by atoms with Gasteiger partial charge in [-0.3, -0.25) is 0 Å². The molecule has 1 fully saturated rings. The molecular formula is C28H28BrN9O3. The Kier molecular flexibility index (Phi) is 7.03. The molecule has 1 aliphatic rings. The second-order valence-electron chi connectivity index (χ2n) is 10.5. The first-order chi connectivity index (χ1) is 19.7. The van der Waals surface area contributed by atoms with Gasteiger partial charge in [0.15, 0.2) is 11.5 Å². The van der Waals surface area contributed by atoms with Gasteiger partial charge in [-0.25, -0.2) is 29.2 Å². The van der Waals surface area contributed by atoms with Gasteiger partial charge in [-0.1, -0.05) is 0 Å². The van der Waals surface area contributed by atoms with E-state index in [4.69, 9.17) is 14.5 Å². The van der Waals surface area contributed by atoms with Gasteiger partial charge in [0.25, 0.3) is 0 Å². The van der Waals surface area contributed by atoms with Crippen molar-refractivity contribution in [2.24, 2.45) is 0 Å². The summed E-state index contributed by atoms with van der Waals surface area (Å²) in [6, 6.07) is 13.2. The lowest BCUT2D eigenvalue weighted by Gasteiger charge is -2.36. The summed E-state index contributed by atoms with van der Waals surface area (Å²) >= 11 is 3.66. The zero-order chi connectivity index (χ0) is 28.6. The molecule has 0 spiro atoms. The minimum absolute atomic E-state index is 0.296. The average molecular weight is 618 g/mol. The lowest BCUT2D eigenvalue weighted by Crippen LogP contribution is -2.50. The summed E-state index contributed by atoms with van der Waals surface area (Å²) in [7, 11) is 0. The first-order valence-electron chi connectivity index (χ1n) is 13.1. The fourth-order valence-electron chi connectivity index (χ4n) is 4.43. The topological polar surface area (TPSA) is 123 Å². The van der Waals surface area contributed by atoms with Crippen molar-refractivity contribution in [2.75, 3.05) is 36.4 Å². The maximum Gasteiger partial charge on any atom is 0.410 e. The Morgan fingerprint density at radius 2 is 1.73 bits per heavy atom. The number of hydrogen-bond donors (Lipinski definition) is 1. The van der Waals surface area contributed by atoms with Gasteiger partial charge in [-0.2, -0.15) is 5.10 Å². The van der Waals surface area contributed by atoms with Crippen molar-refractivity contribution in [2.45, 2.75) is 26.4 Å². The van der Waals surface area contributed by atoms with Gasteiger partial charge < -0.3 is 24.6 Å². The number of ether oxygens (including phenoxy) is 2. The van der Waals surface area contributed by atoms with Crippen LogP contribution in [-0.2, 0) is 4.74 Å². The first kappa shape index (κ1) is 26.7. The molecule has 41 heavy (non-hydrogen) atoms. The van der Waals surface area contributed by atoms with Crippen LogP contribution in [0.4, 0.5) is 22.1 Å². The standard InChI is InChI=1S/C28H28BrN9O3/c1-28(2,3)41-27(39)37-12-10-36(11-13-37)26-21(29)15-22-24(35-26)25(32-16-30-22)34-18-4-6-19(7-5-18)40-20-8-9-38-23(14-20)31-17-33-38/h4-9,14-17H,10-13H2,1-3H3,(H,30,32,34). The third-order valence-corrected chi connectivity index (χ3v) is 6.96. The van der Waals surface area contributed by atoms with E-state index in [0.717, 1.165) is 16.0 Å². The number of pyridine rings is 2. The normalized spacial score (nSPS) is 14.0. The maximum absolute atomic E-state index is 12.5. The van der Waals surface area contributed by atoms with E-state index in [1.165, 1.54) is 12.7 Å². The zero-order valence-corrected chi connectivity index (χ0v) is 24.4. The molecule has 0 unspecified atom stereocenters. The molecule has 1 saturated heterocycles. The van der Waals surface area contributed by atoms with Crippen molar-refractivity contribution in [3.05, 3.63) is 65.8 Å². The van der Waals surface area contributed by atoms with Crippen LogP contribution in [0, 0.1) is 0 Å². The summed E-state index contributed by atoms with van der Waals surface area (Å²) in [5.41, 5.74) is 2.35. The molecule has 1 aliphatic heterocycles. The Labute approximate surface area is 244 Å². The van der Waals surface area contributed by atoms with E-state index in [2.05, 4.69) is 46.2 Å². The highest BCUT2D eigenvalue weighted by Crippen LogP contribution is 2.32. The van der Waals surface area contributed by atoms with E-state index < -0.39 is 5.60 Å². The van der Waals surface area contributed by atoms with Gasteiger partial charge in [0, 0.05) is 44.1 Å². The van der Waals surface area contributed by atoms with Crippen molar-refractivity contribution in [1.29, 1.82) is 0 Å². The van der Waals surface area contributed by atoms with Gasteiger partial charge in [0.2, 0.25) is 0 Å². The van der Waals surface area contributed by atoms with E-state index in [0.29, 0.717) is 60.2 Å². The minimum atomic E-state index is -0.526. The van der Waals surface area contributed by atoms with Gasteiger partial charge in [0.05, 0.1) is 9.99 Å². The number of piperazine rings is 1. The summed E-state index contributed by atoms with van der Waals surface area (Å²) in [5.74, 6) is 2.71. The smallest absolute Gasteiger partial charge is 0.410 e. The van der Waals surface area contributed by atoms with Gasteiger partial charge in [-0.15, -0.1) is 0 Å². The van der Waals surface area contributed by atoms with Crippen LogP contribution in [-0.4, -0.2) is 72.3 Å². The maximum atomic E-state index is 12.5. The van der Waals surface area contributed by atoms with Crippen molar-refractivity contribution in [1.82, 2.24) is 34.4 Å². The van der Waals surface area contributed by atoms with E-state index in [1.807, 2.05) is 63.2 Å². The number of anilines is 3. The molecule has 210 valence electrons. The first-order valence-corrected chi connectivity index (χ1v) is 13.9. The average Bonchev–Trinajstić information content (AvgIpc) is 3.41. The number of carbonyl (C=O) groups is 1. The summed E-state index contributed by atoms with van der Waals surface area (Å²) in [4.78, 5) is 34.4. The lowest BCUT2D eigenvalue weighted by molar-refractivity contribution is 0.0240. The molecule has 1 N–H and O–H groups in total. The third kappa shape index (κ3) is 5.99. The van der Waals surface area contributed by atoms with Crippen molar-refractivity contribution in [3.8, 4) is 11.5 Å². The van der Waals surface area contributed by atoms with Crippen molar-refractivity contribution >= 4 is 56.0 Å². The Hall–Kier alpha value is -4.52. The molecule has 1 amide bonds. The number of amides is 1. The van der Waals surface area contributed by atoms with Gasteiger partial charge >= 0.3 is 6.09 Å². The fraction of sp³-hybridized carbons (Fsp3) is 0.286.